The van der Waals surface area contributed by atoms with Gasteiger partial charge in [0.15, 0.2) is 0 Å². The van der Waals surface area contributed by atoms with Gasteiger partial charge in [-0.25, -0.2) is 5.43 Å². The highest BCUT2D eigenvalue weighted by Gasteiger charge is 2.10. The van der Waals surface area contributed by atoms with Crippen LogP contribution in [0.1, 0.15) is 42.8 Å². The van der Waals surface area contributed by atoms with Crippen molar-refractivity contribution < 1.29 is 57.1 Å². The van der Waals surface area contributed by atoms with Crippen LogP contribution < -0.4 is 5.43 Å². The molecule has 0 saturated heterocycles. The van der Waals surface area contributed by atoms with Gasteiger partial charge >= 0.3 is 0 Å². The molecule has 0 aromatic carbocycles. The number of nitrogens with one attached hydrogen (secondary N) is 1. The van der Waals surface area contributed by atoms with Gasteiger partial charge in [0.25, 0.3) is 5.91 Å². The molecule has 0 radical (unpaired) electrons. The van der Waals surface area contributed by atoms with Gasteiger partial charge in [-0.05, 0) is 71.0 Å². The van der Waals surface area contributed by atoms with E-state index in [4.69, 9.17) is 22.3 Å². The van der Waals surface area contributed by atoms with Gasteiger partial charge in [-0.2, -0.15) is 5.01 Å². The second-order valence-corrected chi connectivity index (χ2v) is 5.16. The molecule has 0 heterocycles. The van der Waals surface area contributed by atoms with Gasteiger partial charge < -0.3 is 9.47 Å². The Morgan fingerprint density at radius 2 is 1.03 bits per heavy atom. The first kappa shape index (κ1) is 31.0. The first-order valence-electron chi connectivity index (χ1n) is 9.83. The third kappa shape index (κ3) is 22.2. The van der Waals surface area contributed by atoms with Crippen molar-refractivity contribution >= 4 is 5.91 Å². The van der Waals surface area contributed by atoms with E-state index in [0.29, 0.717) is 6.61 Å². The van der Waals surface area contributed by atoms with Gasteiger partial charge in [-0.1, -0.05) is 0 Å². The van der Waals surface area contributed by atoms with Crippen molar-refractivity contribution in [3.63, 3.8) is 0 Å². The monoisotopic (exact) mass is 545 g/mol. The highest BCUT2D eigenvalue weighted by Crippen LogP contribution is 1.85. The molecular formula is C33H72N2O3. The minimum Gasteiger partial charge on any atom is -0.382 e. The average molecular weight is 545 g/mol. The lowest BCUT2D eigenvalue weighted by Crippen LogP contribution is -2.38. The smallest absolute Gasteiger partial charge is 0.279 e. The van der Waals surface area contributed by atoms with Crippen LogP contribution in [0.2, 0.25) is 0 Å². The fourth-order valence-electron chi connectivity index (χ4n) is 1.35. The zero-order chi connectivity index (χ0) is 27.8. The van der Waals surface area contributed by atoms with Crippen molar-refractivity contribution in [2.45, 2.75) is 0 Å². The topological polar surface area (TPSA) is 50.8 Å². The molecular weight excluding hydrogens is 472 g/mol. The molecule has 0 spiro atoms. The molecule has 0 saturated carbocycles. The first-order valence-corrected chi connectivity index (χ1v) is 9.83. The predicted molar refractivity (Wildman–Crippen MR) is 207 cm³/mol. The second kappa shape index (κ2) is 26.3. The van der Waals surface area contributed by atoms with Crippen molar-refractivity contribution in [1.82, 2.24) is 10.4 Å². The van der Waals surface area contributed by atoms with Crippen LogP contribution >= 0.6 is 0 Å². The number of hydrogen-bond donors (Lipinski definition) is 1. The SMILES string of the molecule is C#CC#CC#CC#CC#CC#CC#CNN(C#CC#CC#CC#CC#CC#CC#C)C(=O)COCCOC.[HH].[HH].[HH].[HH].[HH].[HH].[HH].[HH].[HH].[HH].[HH].[HH].[HH].[HH].[HH].[HH].[HH].[HH].[HH].[HH].[HH].[HH].[HH].[HH].[HH].[HH].[HH].[HH].[HH].[HH]. The van der Waals surface area contributed by atoms with E-state index < -0.39 is 5.91 Å². The van der Waals surface area contributed by atoms with Gasteiger partial charge in [0, 0.05) is 127 Å². The molecule has 0 aliphatic heterocycles. The summed E-state index contributed by atoms with van der Waals surface area (Å²) in [5.41, 5.74) is 2.49. The van der Waals surface area contributed by atoms with E-state index >= 15 is 0 Å². The highest BCUT2D eigenvalue weighted by molar-refractivity contribution is 5.79. The lowest BCUT2D eigenvalue weighted by atomic mass is 10.5. The van der Waals surface area contributed by atoms with Crippen molar-refractivity contribution in [1.29, 1.82) is 0 Å². The summed E-state index contributed by atoms with van der Waals surface area (Å²) in [7, 11) is 1.51. The summed E-state index contributed by atoms with van der Waals surface area (Å²) in [6.07, 6.45) is 9.89. The largest absolute Gasteiger partial charge is 0.382 e. The van der Waals surface area contributed by atoms with Crippen molar-refractivity contribution in [3.8, 4) is 167 Å². The molecule has 0 aromatic rings. The molecule has 0 atom stereocenters. The summed E-state index contributed by atoms with van der Waals surface area (Å²) in [5.74, 6) is 57.3. The molecule has 1 amide bonds. The normalized spacial score (nSPS) is 5.66. The number of ether oxygens (including phenoxy) is 2. The number of amides is 1. The van der Waals surface area contributed by atoms with Crippen molar-refractivity contribution in [2.24, 2.45) is 0 Å². The Bertz CT molecular complexity index is 1810. The molecule has 5 nitrogen and oxygen atoms in total. The zero-order valence-corrected chi connectivity index (χ0v) is 19.9. The lowest BCUT2D eigenvalue weighted by Gasteiger charge is -2.12. The number of carbonyl (C=O) groups is 1. The predicted octanol–water partition coefficient (Wildman–Crippen LogP) is 6.58. The number of methoxy groups -OCH3 is 1. The molecule has 5 heteroatoms. The Morgan fingerprint density at radius 3 is 1.45 bits per heavy atom. The Hall–Kier alpha value is -6.97. The molecule has 0 aliphatic rings. The number of hydrazine groups is 1. The number of hydrogen-bond acceptors (Lipinski definition) is 4. The standard InChI is InChI=1S/C33H12N2O3.30H2/c1-4-6-8-10-12-14-16-18-20-22-24-26-28-34-35(33(36)32-38-31-30-37-3)29-27-25-23-21-19-17-15-13-11-9-7-5-2;;;;;;;;;;;;;;;;;;;;;;;;;;;;;;/h1-2,34H,30-32H2,3H3;30*1H. The van der Waals surface area contributed by atoms with E-state index in [-0.39, 0.29) is 56.0 Å². The van der Waals surface area contributed by atoms with Crippen LogP contribution in [0.5, 0.6) is 0 Å². The minimum atomic E-state index is -0.524. The van der Waals surface area contributed by atoms with Gasteiger partial charge in [-0.15, -0.1) is 12.8 Å². The van der Waals surface area contributed by atoms with Crippen LogP contribution in [0.15, 0.2) is 0 Å². The van der Waals surface area contributed by atoms with E-state index in [1.165, 1.54) is 7.11 Å². The van der Waals surface area contributed by atoms with E-state index in [1.54, 1.807) is 0 Å². The Labute approximate surface area is 269 Å². The fourth-order valence-corrected chi connectivity index (χ4v) is 1.35. The van der Waals surface area contributed by atoms with E-state index in [1.807, 2.05) is 0 Å². The Kier molecular flexibility index (Phi) is 21.5. The summed E-state index contributed by atoms with van der Waals surface area (Å²) in [6, 6.07) is 4.94. The summed E-state index contributed by atoms with van der Waals surface area (Å²) in [6.45, 7) is 0.287. The summed E-state index contributed by atoms with van der Waals surface area (Å²) < 4.78 is 10.0. The van der Waals surface area contributed by atoms with E-state index in [0.717, 1.165) is 5.01 Å². The summed E-state index contributed by atoms with van der Waals surface area (Å²) in [4.78, 5) is 12.3. The van der Waals surface area contributed by atoms with E-state index in [2.05, 4.69) is 160 Å². The van der Waals surface area contributed by atoms with Crippen LogP contribution in [-0.4, -0.2) is 37.8 Å². The maximum atomic E-state index is 12.3. The maximum Gasteiger partial charge on any atom is 0.279 e. The van der Waals surface area contributed by atoms with Gasteiger partial charge in [0.2, 0.25) is 0 Å². The first-order chi connectivity index (χ1) is 18.8. The zero-order valence-electron chi connectivity index (χ0n) is 19.9. The van der Waals surface area contributed by atoms with E-state index in [9.17, 15) is 4.79 Å². The maximum absolute atomic E-state index is 12.3. The lowest BCUT2D eigenvalue weighted by molar-refractivity contribution is -0.134. The van der Waals surface area contributed by atoms with Crippen LogP contribution in [-0.2, 0) is 14.3 Å². The van der Waals surface area contributed by atoms with Crippen LogP contribution in [0.3, 0.4) is 0 Å². The molecule has 38 heavy (non-hydrogen) atoms. The fraction of sp³-hybridized carbons (Fsp3) is 0.121. The summed E-state index contributed by atoms with van der Waals surface area (Å²) in [5, 5.41) is 0.898. The molecule has 0 unspecified atom stereocenters. The van der Waals surface area contributed by atoms with Crippen LogP contribution in [0.4, 0.5) is 0 Å². The van der Waals surface area contributed by atoms with Crippen molar-refractivity contribution in [3.05, 3.63) is 0 Å². The number of rotatable bonds is 6. The number of terminal acetylenes is 2. The summed E-state index contributed by atoms with van der Waals surface area (Å²) >= 11 is 0. The molecule has 0 rings (SSSR count). The Morgan fingerprint density at radius 1 is 0.632 bits per heavy atom. The third-order valence-electron chi connectivity index (χ3n) is 2.70. The number of nitrogens with zero attached hydrogens (tertiary/aromatic N) is 1. The minimum absolute atomic E-state index is 0. The van der Waals surface area contributed by atoms with Crippen LogP contribution in [0.25, 0.3) is 0 Å². The molecule has 0 bridgehead atoms. The number of carbonyl (C=O) groups excluding carboxylic acids is 1. The van der Waals surface area contributed by atoms with Gasteiger partial charge in [0.1, 0.15) is 6.61 Å². The molecule has 0 fully saturated rings. The quantitative estimate of drug-likeness (QED) is 0.177. The second-order valence-electron chi connectivity index (χ2n) is 5.16. The Balaban J connectivity index is -0.0000000157. The third-order valence-corrected chi connectivity index (χ3v) is 2.70. The molecule has 1 N–H and O–H groups in total. The molecule has 0 aromatic heterocycles. The van der Waals surface area contributed by atoms with Gasteiger partial charge in [0.05, 0.1) is 19.3 Å². The molecule has 0 aliphatic carbocycles. The highest BCUT2D eigenvalue weighted by atomic mass is 16.5. The molecule has 232 valence electrons. The average Bonchev–Trinajstić information content (AvgIpc) is 2.93. The van der Waals surface area contributed by atoms with Gasteiger partial charge in [-0.3, -0.25) is 4.79 Å². The van der Waals surface area contributed by atoms with Crippen LogP contribution in [0, 0.1) is 167 Å². The van der Waals surface area contributed by atoms with Crippen molar-refractivity contribution in [2.75, 3.05) is 26.9 Å².